The molecule has 0 saturated carbocycles. The van der Waals surface area contributed by atoms with Gasteiger partial charge in [-0.15, -0.1) is 0 Å². The number of amides is 2. The zero-order valence-corrected chi connectivity index (χ0v) is 12.5. The lowest BCUT2D eigenvalue weighted by Gasteiger charge is -2.23. The average molecular weight is 324 g/mol. The Morgan fingerprint density at radius 1 is 1.35 bits per heavy atom. The molecule has 2 heterocycles. The first-order valence-corrected chi connectivity index (χ1v) is 9.80. The van der Waals surface area contributed by atoms with Crippen LogP contribution < -0.4 is 5.32 Å². The van der Waals surface area contributed by atoms with Gasteiger partial charge in [0.2, 0.25) is 21.8 Å². The maximum absolute atomic E-state index is 12.1. The molecule has 2 unspecified atom stereocenters. The van der Waals surface area contributed by atoms with Crippen LogP contribution in [0.5, 0.6) is 0 Å². The first kappa shape index (κ1) is 15.2. The van der Waals surface area contributed by atoms with Gasteiger partial charge in [0.1, 0.15) is 6.04 Å². The van der Waals surface area contributed by atoms with E-state index in [0.29, 0.717) is 10.7 Å². The predicted octanol–water partition coefficient (Wildman–Crippen LogP) is -1.76. The molecule has 0 aliphatic carbocycles. The molecule has 2 aliphatic heterocycles. The number of sulfonamides is 1. The molecule has 20 heavy (non-hydrogen) atoms. The number of nitrogens with one attached hydrogen (secondary N) is 1. The predicted molar refractivity (Wildman–Crippen MR) is 69.9 cm³/mol. The van der Waals surface area contributed by atoms with Crippen molar-refractivity contribution in [2.24, 2.45) is 0 Å². The van der Waals surface area contributed by atoms with Crippen molar-refractivity contribution >= 4 is 31.7 Å². The summed E-state index contributed by atoms with van der Waals surface area (Å²) in [5.41, 5.74) is 0. The molecule has 0 bridgehead atoms. The van der Waals surface area contributed by atoms with E-state index in [4.69, 9.17) is 0 Å². The summed E-state index contributed by atoms with van der Waals surface area (Å²) >= 11 is 0. The van der Waals surface area contributed by atoms with Gasteiger partial charge < -0.3 is 5.32 Å². The number of rotatable bonds is 3. The smallest absolute Gasteiger partial charge is 0.244 e. The summed E-state index contributed by atoms with van der Waals surface area (Å²) in [6, 6.07) is -1.58. The fraction of sp³-hybridized carbons (Fsp3) is 0.800. The number of hydrogen-bond acceptors (Lipinski definition) is 6. The van der Waals surface area contributed by atoms with Crippen LogP contribution in [-0.2, 0) is 29.4 Å². The molecule has 0 aromatic heterocycles. The van der Waals surface area contributed by atoms with Gasteiger partial charge in [-0.25, -0.2) is 21.1 Å². The molecule has 2 amide bonds. The second-order valence-corrected chi connectivity index (χ2v) is 9.20. The van der Waals surface area contributed by atoms with Gasteiger partial charge in [0.25, 0.3) is 0 Å². The van der Waals surface area contributed by atoms with Crippen molar-refractivity contribution in [3.63, 3.8) is 0 Å². The minimum absolute atomic E-state index is 0.00583. The van der Waals surface area contributed by atoms with Crippen LogP contribution in [0.2, 0.25) is 0 Å². The van der Waals surface area contributed by atoms with Crippen molar-refractivity contribution < 1.29 is 26.4 Å². The van der Waals surface area contributed by atoms with Gasteiger partial charge in [-0.3, -0.25) is 9.59 Å². The highest BCUT2D eigenvalue weighted by molar-refractivity contribution is 7.91. The van der Waals surface area contributed by atoms with Crippen molar-refractivity contribution in [3.8, 4) is 0 Å². The van der Waals surface area contributed by atoms with Crippen molar-refractivity contribution in [2.75, 3.05) is 17.8 Å². The number of hydrogen-bond donors (Lipinski definition) is 1. The third-order valence-electron chi connectivity index (χ3n) is 3.40. The van der Waals surface area contributed by atoms with Gasteiger partial charge in [0, 0.05) is 12.5 Å². The summed E-state index contributed by atoms with van der Waals surface area (Å²) < 4.78 is 46.3. The largest absolute Gasteiger partial charge is 0.350 e. The van der Waals surface area contributed by atoms with Crippen LogP contribution in [0.4, 0.5) is 0 Å². The SMILES string of the molecule is CS(=O)(=O)N1C(=O)CCC1C(=O)NC1CCS(=O)(=O)C1. The van der Waals surface area contributed by atoms with Crippen LogP contribution in [0.25, 0.3) is 0 Å². The van der Waals surface area contributed by atoms with E-state index < -0.39 is 43.8 Å². The van der Waals surface area contributed by atoms with Gasteiger partial charge in [0.15, 0.2) is 9.84 Å². The highest BCUT2D eigenvalue weighted by atomic mass is 32.2. The fourth-order valence-corrected chi connectivity index (χ4v) is 5.32. The van der Waals surface area contributed by atoms with E-state index in [2.05, 4.69) is 5.32 Å². The van der Waals surface area contributed by atoms with Crippen molar-refractivity contribution in [3.05, 3.63) is 0 Å². The van der Waals surface area contributed by atoms with Crippen LogP contribution in [-0.4, -0.2) is 62.8 Å². The molecule has 2 saturated heterocycles. The Hall–Kier alpha value is -1.16. The second kappa shape index (κ2) is 4.99. The molecule has 0 aromatic rings. The van der Waals surface area contributed by atoms with E-state index >= 15 is 0 Å². The van der Waals surface area contributed by atoms with Gasteiger partial charge in [-0.2, -0.15) is 0 Å². The average Bonchev–Trinajstić information content (AvgIpc) is 2.81. The quantitative estimate of drug-likeness (QED) is 0.657. The number of carbonyl (C=O) groups excluding carboxylic acids is 2. The normalized spacial score (nSPS) is 29.6. The Morgan fingerprint density at radius 2 is 2.00 bits per heavy atom. The maximum Gasteiger partial charge on any atom is 0.244 e. The third kappa shape index (κ3) is 3.11. The minimum atomic E-state index is -3.80. The lowest BCUT2D eigenvalue weighted by molar-refractivity contribution is -0.130. The van der Waals surface area contributed by atoms with Gasteiger partial charge >= 0.3 is 0 Å². The topological polar surface area (TPSA) is 118 Å². The van der Waals surface area contributed by atoms with Gasteiger partial charge in [-0.1, -0.05) is 0 Å². The lowest BCUT2D eigenvalue weighted by Crippen LogP contribution is -2.49. The Morgan fingerprint density at radius 3 is 2.50 bits per heavy atom. The molecular formula is C10H16N2O6S2. The molecule has 0 radical (unpaired) electrons. The summed E-state index contributed by atoms with van der Waals surface area (Å²) in [5.74, 6) is -1.34. The summed E-state index contributed by atoms with van der Waals surface area (Å²) in [7, 11) is -6.93. The lowest BCUT2D eigenvalue weighted by atomic mass is 10.2. The molecule has 2 fully saturated rings. The summed E-state index contributed by atoms with van der Waals surface area (Å²) in [5, 5.41) is 2.52. The highest BCUT2D eigenvalue weighted by Crippen LogP contribution is 2.22. The van der Waals surface area contributed by atoms with Crippen LogP contribution in [0, 0.1) is 0 Å². The van der Waals surface area contributed by atoms with Gasteiger partial charge in [0.05, 0.1) is 17.8 Å². The van der Waals surface area contributed by atoms with Crippen molar-refractivity contribution in [1.82, 2.24) is 9.62 Å². The molecule has 114 valence electrons. The maximum atomic E-state index is 12.1. The Balaban J connectivity index is 2.08. The van der Waals surface area contributed by atoms with E-state index in [0.717, 1.165) is 6.26 Å². The first-order chi connectivity index (χ1) is 9.10. The highest BCUT2D eigenvalue weighted by Gasteiger charge is 2.42. The molecule has 2 atom stereocenters. The second-order valence-electron chi connectivity index (χ2n) is 5.12. The standard InChI is InChI=1S/C10H16N2O6S2/c1-19(15,16)12-8(2-3-9(12)13)10(14)11-7-4-5-20(17,18)6-7/h7-8H,2-6H2,1H3,(H,11,14). The first-order valence-electron chi connectivity index (χ1n) is 6.13. The van der Waals surface area contributed by atoms with E-state index in [9.17, 15) is 26.4 Å². The summed E-state index contributed by atoms with van der Waals surface area (Å²) in [6.45, 7) is 0. The Labute approximate surface area is 117 Å². The van der Waals surface area contributed by atoms with E-state index in [-0.39, 0.29) is 24.3 Å². The number of carbonyl (C=O) groups is 2. The van der Waals surface area contributed by atoms with Crippen LogP contribution in [0.1, 0.15) is 19.3 Å². The summed E-state index contributed by atoms with van der Waals surface area (Å²) in [6.07, 6.45) is 1.30. The van der Waals surface area contributed by atoms with Crippen LogP contribution in [0.3, 0.4) is 0 Å². The molecular weight excluding hydrogens is 308 g/mol. The Kier molecular flexibility index (Phi) is 3.80. The molecule has 2 rings (SSSR count). The fourth-order valence-electron chi connectivity index (χ4n) is 2.52. The third-order valence-corrected chi connectivity index (χ3v) is 6.34. The van der Waals surface area contributed by atoms with Gasteiger partial charge in [-0.05, 0) is 12.8 Å². The zero-order chi connectivity index (χ0) is 15.1. The molecule has 0 aromatic carbocycles. The molecule has 2 aliphatic rings. The zero-order valence-electron chi connectivity index (χ0n) is 10.9. The molecule has 8 nitrogen and oxygen atoms in total. The monoisotopic (exact) mass is 324 g/mol. The molecule has 0 spiro atoms. The summed E-state index contributed by atoms with van der Waals surface area (Å²) in [4.78, 5) is 23.6. The van der Waals surface area contributed by atoms with Crippen LogP contribution >= 0.6 is 0 Å². The van der Waals surface area contributed by atoms with Crippen molar-refractivity contribution in [1.29, 1.82) is 0 Å². The number of nitrogens with zero attached hydrogens (tertiary/aromatic N) is 1. The van der Waals surface area contributed by atoms with Crippen LogP contribution in [0.15, 0.2) is 0 Å². The molecule has 1 N–H and O–H groups in total. The van der Waals surface area contributed by atoms with Crippen molar-refractivity contribution in [2.45, 2.75) is 31.3 Å². The number of sulfone groups is 1. The molecule has 10 heteroatoms. The Bertz CT molecular complexity index is 639. The van der Waals surface area contributed by atoms with E-state index in [1.807, 2.05) is 0 Å². The van der Waals surface area contributed by atoms with E-state index in [1.54, 1.807) is 0 Å². The minimum Gasteiger partial charge on any atom is -0.350 e. The van der Waals surface area contributed by atoms with E-state index in [1.165, 1.54) is 0 Å².